The Morgan fingerprint density at radius 3 is 2.48 bits per heavy atom. The van der Waals surface area contributed by atoms with E-state index in [2.05, 4.69) is 38.1 Å². The first-order valence-electron chi connectivity index (χ1n) is 9.76. The topological polar surface area (TPSA) is 35.3 Å². The van der Waals surface area contributed by atoms with Crippen LogP contribution in [0.1, 0.15) is 16.7 Å². The number of fused-ring (bicyclic) bond motifs is 2. The summed E-state index contributed by atoms with van der Waals surface area (Å²) >= 11 is 0. The predicted molar refractivity (Wildman–Crippen MR) is 117 cm³/mol. The van der Waals surface area contributed by atoms with Crippen LogP contribution in [0.3, 0.4) is 0 Å². The summed E-state index contributed by atoms with van der Waals surface area (Å²) in [5.41, 5.74) is 6.07. The van der Waals surface area contributed by atoms with E-state index in [-0.39, 0.29) is 0 Å². The molecule has 142 valence electrons. The van der Waals surface area contributed by atoms with Crippen LogP contribution in [-0.2, 0) is 6.61 Å². The Morgan fingerprint density at radius 2 is 1.66 bits per heavy atom. The summed E-state index contributed by atoms with van der Waals surface area (Å²) in [5, 5.41) is 2.19. The van der Waals surface area contributed by atoms with Crippen molar-refractivity contribution in [3.63, 3.8) is 0 Å². The van der Waals surface area contributed by atoms with E-state index in [1.165, 1.54) is 0 Å². The molecule has 5 rings (SSSR count). The van der Waals surface area contributed by atoms with Gasteiger partial charge in [-0.05, 0) is 49.2 Å². The van der Waals surface area contributed by atoms with Gasteiger partial charge in [0.25, 0.3) is 0 Å². The number of hydrogen-bond acceptors (Lipinski definition) is 3. The number of para-hydroxylation sites is 1. The van der Waals surface area contributed by atoms with Gasteiger partial charge in [0.1, 0.15) is 23.6 Å². The molecular formula is C26H21NO2. The van der Waals surface area contributed by atoms with Crippen molar-refractivity contribution < 1.29 is 9.15 Å². The van der Waals surface area contributed by atoms with Crippen LogP contribution >= 0.6 is 0 Å². The Kier molecular flexibility index (Phi) is 4.28. The van der Waals surface area contributed by atoms with Crippen LogP contribution in [0.25, 0.3) is 33.3 Å². The highest BCUT2D eigenvalue weighted by molar-refractivity contribution is 5.89. The van der Waals surface area contributed by atoms with E-state index in [0.717, 1.165) is 55.8 Å². The van der Waals surface area contributed by atoms with Crippen LogP contribution in [-0.4, -0.2) is 4.98 Å². The number of furan rings is 1. The summed E-state index contributed by atoms with van der Waals surface area (Å²) in [5.74, 6) is 1.69. The van der Waals surface area contributed by atoms with Gasteiger partial charge in [0.15, 0.2) is 5.76 Å². The number of rotatable bonds is 4. The third-order valence-corrected chi connectivity index (χ3v) is 5.28. The second-order valence-corrected chi connectivity index (χ2v) is 7.34. The third kappa shape index (κ3) is 3.25. The molecule has 0 aliphatic heterocycles. The third-order valence-electron chi connectivity index (χ3n) is 5.28. The quantitative estimate of drug-likeness (QED) is 0.343. The summed E-state index contributed by atoms with van der Waals surface area (Å²) in [6.45, 7) is 4.70. The van der Waals surface area contributed by atoms with E-state index in [1.54, 1.807) is 0 Å². The van der Waals surface area contributed by atoms with Crippen molar-refractivity contribution in [1.82, 2.24) is 4.98 Å². The molecule has 0 bridgehead atoms. The Bertz CT molecular complexity index is 1320. The molecule has 0 atom stereocenters. The van der Waals surface area contributed by atoms with Gasteiger partial charge in [0.05, 0.1) is 5.52 Å². The Balaban J connectivity index is 1.50. The van der Waals surface area contributed by atoms with Crippen LogP contribution in [0.5, 0.6) is 5.75 Å². The summed E-state index contributed by atoms with van der Waals surface area (Å²) in [7, 11) is 0. The largest absolute Gasteiger partial charge is 0.489 e. The van der Waals surface area contributed by atoms with Crippen molar-refractivity contribution in [3.8, 4) is 17.2 Å². The van der Waals surface area contributed by atoms with Crippen LogP contribution in [0, 0.1) is 13.8 Å². The summed E-state index contributed by atoms with van der Waals surface area (Å²) in [6.07, 6.45) is 0. The SMILES string of the molecule is Cc1c(-c2ccc3cc(OCc4ccccc4)cc(C)c3n2)oc2ccccc12. The van der Waals surface area contributed by atoms with Crippen LogP contribution in [0.4, 0.5) is 0 Å². The van der Waals surface area contributed by atoms with Crippen molar-refractivity contribution in [3.05, 3.63) is 95.6 Å². The number of ether oxygens (including phenoxy) is 1. The van der Waals surface area contributed by atoms with Crippen molar-refractivity contribution in [2.45, 2.75) is 20.5 Å². The lowest BCUT2D eigenvalue weighted by Gasteiger charge is -2.10. The number of nitrogens with zero attached hydrogens (tertiary/aromatic N) is 1. The molecule has 0 radical (unpaired) electrons. The highest BCUT2D eigenvalue weighted by Crippen LogP contribution is 2.34. The zero-order valence-electron chi connectivity index (χ0n) is 16.5. The molecular weight excluding hydrogens is 358 g/mol. The number of aryl methyl sites for hydroxylation is 2. The highest BCUT2D eigenvalue weighted by atomic mass is 16.5. The van der Waals surface area contributed by atoms with Crippen molar-refractivity contribution >= 4 is 21.9 Å². The number of benzene rings is 3. The molecule has 0 N–H and O–H groups in total. The normalized spacial score (nSPS) is 11.2. The molecule has 0 amide bonds. The fraction of sp³-hybridized carbons (Fsp3) is 0.115. The van der Waals surface area contributed by atoms with E-state index in [1.807, 2.05) is 54.6 Å². The van der Waals surface area contributed by atoms with Gasteiger partial charge in [0, 0.05) is 16.3 Å². The lowest BCUT2D eigenvalue weighted by Crippen LogP contribution is -1.96. The highest BCUT2D eigenvalue weighted by Gasteiger charge is 2.14. The molecule has 29 heavy (non-hydrogen) atoms. The molecule has 2 heterocycles. The van der Waals surface area contributed by atoms with Gasteiger partial charge in [-0.2, -0.15) is 0 Å². The molecule has 3 aromatic carbocycles. The molecule has 0 fully saturated rings. The zero-order chi connectivity index (χ0) is 19.8. The first-order chi connectivity index (χ1) is 14.2. The van der Waals surface area contributed by atoms with E-state index in [4.69, 9.17) is 14.1 Å². The molecule has 0 saturated carbocycles. The van der Waals surface area contributed by atoms with Gasteiger partial charge < -0.3 is 9.15 Å². The van der Waals surface area contributed by atoms with Gasteiger partial charge in [-0.15, -0.1) is 0 Å². The lowest BCUT2D eigenvalue weighted by molar-refractivity contribution is 0.306. The summed E-state index contributed by atoms with van der Waals surface area (Å²) in [6, 6.07) is 26.5. The van der Waals surface area contributed by atoms with Crippen molar-refractivity contribution in [2.24, 2.45) is 0 Å². The molecule has 2 aromatic heterocycles. The monoisotopic (exact) mass is 379 g/mol. The molecule has 0 saturated heterocycles. The van der Waals surface area contributed by atoms with Crippen LogP contribution < -0.4 is 4.74 Å². The molecule has 0 spiro atoms. The first kappa shape index (κ1) is 17.5. The predicted octanol–water partition coefficient (Wildman–Crippen LogP) is 6.84. The van der Waals surface area contributed by atoms with Crippen molar-refractivity contribution in [1.29, 1.82) is 0 Å². The molecule has 0 unspecified atom stereocenters. The number of hydrogen-bond donors (Lipinski definition) is 0. The minimum absolute atomic E-state index is 0.551. The van der Waals surface area contributed by atoms with E-state index in [9.17, 15) is 0 Å². The van der Waals surface area contributed by atoms with Gasteiger partial charge in [-0.3, -0.25) is 0 Å². The fourth-order valence-electron chi connectivity index (χ4n) is 3.75. The average Bonchev–Trinajstić information content (AvgIpc) is 3.10. The van der Waals surface area contributed by atoms with Gasteiger partial charge in [0.2, 0.25) is 0 Å². The standard InChI is InChI=1S/C26H21NO2/c1-17-14-21(28-16-19-8-4-3-5-9-19)15-20-12-13-23(27-25(17)20)26-18(2)22-10-6-7-11-24(22)29-26/h3-15H,16H2,1-2H3. The maximum Gasteiger partial charge on any atom is 0.156 e. The number of aromatic nitrogens is 1. The fourth-order valence-corrected chi connectivity index (χ4v) is 3.75. The molecule has 0 aliphatic carbocycles. The molecule has 3 nitrogen and oxygen atoms in total. The lowest BCUT2D eigenvalue weighted by atomic mass is 10.1. The van der Waals surface area contributed by atoms with Crippen molar-refractivity contribution in [2.75, 3.05) is 0 Å². The van der Waals surface area contributed by atoms with Crippen LogP contribution in [0.2, 0.25) is 0 Å². The summed E-state index contributed by atoms with van der Waals surface area (Å²) < 4.78 is 12.1. The summed E-state index contributed by atoms with van der Waals surface area (Å²) in [4.78, 5) is 4.91. The second-order valence-electron chi connectivity index (χ2n) is 7.34. The second kappa shape index (κ2) is 7.10. The van der Waals surface area contributed by atoms with E-state index >= 15 is 0 Å². The van der Waals surface area contributed by atoms with E-state index in [0.29, 0.717) is 6.61 Å². The maximum absolute atomic E-state index is 6.10. The van der Waals surface area contributed by atoms with Gasteiger partial charge >= 0.3 is 0 Å². The average molecular weight is 379 g/mol. The molecule has 3 heteroatoms. The molecule has 5 aromatic rings. The minimum atomic E-state index is 0.551. The van der Waals surface area contributed by atoms with Crippen LogP contribution in [0.15, 0.2) is 83.3 Å². The zero-order valence-corrected chi connectivity index (χ0v) is 16.5. The maximum atomic E-state index is 6.10. The first-order valence-corrected chi connectivity index (χ1v) is 9.76. The molecule has 0 aliphatic rings. The minimum Gasteiger partial charge on any atom is -0.489 e. The Hall–Kier alpha value is -3.59. The van der Waals surface area contributed by atoms with E-state index < -0.39 is 0 Å². The van der Waals surface area contributed by atoms with Gasteiger partial charge in [-0.25, -0.2) is 4.98 Å². The Morgan fingerprint density at radius 1 is 0.862 bits per heavy atom. The van der Waals surface area contributed by atoms with Gasteiger partial charge in [-0.1, -0.05) is 54.6 Å². The number of pyridine rings is 1. The Labute approximate surface area is 169 Å². The smallest absolute Gasteiger partial charge is 0.156 e.